The molecule has 94 valence electrons. The van der Waals surface area contributed by atoms with Crippen molar-refractivity contribution in [3.8, 4) is 9.86 Å². The molecule has 0 aromatic carbocycles. The summed E-state index contributed by atoms with van der Waals surface area (Å²) in [4.78, 5) is 6.97. The second-order valence-corrected chi connectivity index (χ2v) is 17.2. The van der Waals surface area contributed by atoms with Crippen LogP contribution < -0.4 is 0 Å². The van der Waals surface area contributed by atoms with E-state index in [4.69, 9.17) is 14.0 Å². The first-order valence-corrected chi connectivity index (χ1v) is 14.4. The second-order valence-electron chi connectivity index (χ2n) is 3.67. The van der Waals surface area contributed by atoms with Crippen LogP contribution in [0.2, 0.25) is 14.8 Å². The molecule has 0 saturated heterocycles. The van der Waals surface area contributed by atoms with E-state index in [1.165, 1.54) is 0 Å². The van der Waals surface area contributed by atoms with Crippen LogP contribution in [0.1, 0.15) is 0 Å². The molecule has 6 radical (unpaired) electrons. The largest absolute Gasteiger partial charge is 0 e. The van der Waals surface area contributed by atoms with Gasteiger partial charge >= 0.3 is 109 Å². The Bertz CT molecular complexity index is 271. The summed E-state index contributed by atoms with van der Waals surface area (Å²) < 4.78 is 25.9. The summed E-state index contributed by atoms with van der Waals surface area (Å²) in [7, 11) is 0. The molecule has 1 aliphatic rings. The number of hydrogen-bond acceptors (Lipinski definition) is 0. The average Bonchev–Trinajstić information content (AvgIpc) is 2.86. The van der Waals surface area contributed by atoms with Gasteiger partial charge in [0.1, 0.15) is 0 Å². The molecule has 0 aromatic heterocycles. The predicted molar refractivity (Wildman–Crippen MR) is 63.4 cm³/mol. The molecule has 1 fully saturated rings. The van der Waals surface area contributed by atoms with Crippen LogP contribution in [0.25, 0.3) is 0 Å². The van der Waals surface area contributed by atoms with Crippen LogP contribution in [0.5, 0.6) is 0 Å². The fourth-order valence-corrected chi connectivity index (χ4v) is 2.20. The molecular weight excluding hydrogens is 378 g/mol. The Morgan fingerprint density at radius 1 is 0.889 bits per heavy atom. The quantitative estimate of drug-likeness (QED) is 0.263. The molecule has 1 rings (SSSR count). The third-order valence-corrected chi connectivity index (χ3v) is 3.74. The minimum atomic E-state index is -1.83. The Morgan fingerprint density at radius 2 is 1.22 bits per heavy atom. The van der Waals surface area contributed by atoms with Gasteiger partial charge in [0.15, 0.2) is 0 Å². The average molecular weight is 391 g/mol. The van der Waals surface area contributed by atoms with Gasteiger partial charge in [-0.3, -0.25) is 0 Å². The van der Waals surface area contributed by atoms with Crippen molar-refractivity contribution in [2.24, 2.45) is 0 Å². The SMILES string of the molecule is [C-]#[O+].[C-]#[O+].[C-]#[O+].[CH3][Sn]([CH3])([CH3])[C]#C[C]1[CH][CH][CH][CH]1.[Mn]. The molecule has 0 bridgehead atoms. The maximum absolute atomic E-state index is 7.50. The Hall–Kier alpha value is 0.0982. The van der Waals surface area contributed by atoms with Crippen molar-refractivity contribution >= 4 is 18.4 Å². The minimum absolute atomic E-state index is 0. The van der Waals surface area contributed by atoms with E-state index in [2.05, 4.69) is 57.5 Å². The van der Waals surface area contributed by atoms with Crippen LogP contribution in [0.3, 0.4) is 0 Å². The normalized spacial score (nSPS) is 12.3. The van der Waals surface area contributed by atoms with E-state index in [1.807, 2.05) is 12.8 Å². The fraction of sp³-hybridized carbons (Fsp3) is 0.231. The first-order chi connectivity index (χ1) is 8.08. The van der Waals surface area contributed by atoms with Gasteiger partial charge in [0.25, 0.3) is 0 Å². The molecule has 0 spiro atoms. The van der Waals surface area contributed by atoms with Crippen LogP contribution in [0, 0.1) is 61.4 Å². The Balaban J connectivity index is -0.000000123. The van der Waals surface area contributed by atoms with Crippen LogP contribution in [0.4, 0.5) is 0 Å². The molecule has 3 nitrogen and oxygen atoms in total. The fourth-order valence-electron chi connectivity index (χ4n) is 0.717. The van der Waals surface area contributed by atoms with E-state index in [-0.39, 0.29) is 17.1 Å². The van der Waals surface area contributed by atoms with Crippen molar-refractivity contribution in [1.82, 2.24) is 0 Å². The molecule has 0 N–H and O–H groups in total. The third kappa shape index (κ3) is 21.4. The van der Waals surface area contributed by atoms with Gasteiger partial charge in [-0.15, -0.1) is 0 Å². The summed E-state index contributed by atoms with van der Waals surface area (Å²) in [6.45, 7) is 13.5. The Kier molecular flexibility index (Phi) is 28.7. The van der Waals surface area contributed by atoms with Crippen LogP contribution in [-0.2, 0) is 31.0 Å². The summed E-state index contributed by atoms with van der Waals surface area (Å²) in [5.74, 6) is 4.37. The minimum Gasteiger partial charge on any atom is 0 e. The zero-order valence-corrected chi connectivity index (χ0v) is 14.4. The smallest absolute Gasteiger partial charge is 0 e. The van der Waals surface area contributed by atoms with Crippen molar-refractivity contribution < 1.29 is 31.0 Å². The summed E-state index contributed by atoms with van der Waals surface area (Å²) >= 11 is -1.83. The van der Waals surface area contributed by atoms with E-state index in [0.29, 0.717) is 0 Å². The molecule has 0 heterocycles. The Labute approximate surface area is 125 Å². The molecule has 18 heavy (non-hydrogen) atoms. The van der Waals surface area contributed by atoms with Crippen LogP contribution in [-0.4, -0.2) is 18.4 Å². The summed E-state index contributed by atoms with van der Waals surface area (Å²) in [6.07, 6.45) is 8.18. The Morgan fingerprint density at radius 3 is 1.50 bits per heavy atom. The maximum Gasteiger partial charge on any atom is 0 e. The van der Waals surface area contributed by atoms with Gasteiger partial charge in [0.2, 0.25) is 0 Å². The van der Waals surface area contributed by atoms with E-state index >= 15 is 0 Å². The monoisotopic (exact) mass is 392 g/mol. The van der Waals surface area contributed by atoms with Gasteiger partial charge in [-0.05, 0) is 0 Å². The molecule has 0 aromatic rings. The van der Waals surface area contributed by atoms with Crippen molar-refractivity contribution in [2.45, 2.75) is 14.8 Å². The summed E-state index contributed by atoms with van der Waals surface area (Å²) in [5.41, 5.74) is 0. The standard InChI is InChI=1S/C7H4.3CO.3CH3.Mn.Sn/c1-2-7-5-3-4-6-7;3*1-2;;;;;/h3-6H;;;;3*1H3;;. The first kappa shape index (κ1) is 26.6. The maximum atomic E-state index is 7.50. The molecule has 1 saturated carbocycles. The van der Waals surface area contributed by atoms with Crippen LogP contribution >= 0.6 is 0 Å². The molecule has 0 aliphatic heterocycles. The summed E-state index contributed by atoms with van der Waals surface area (Å²) in [6, 6.07) is 0. The van der Waals surface area contributed by atoms with Gasteiger partial charge in [0, 0.05) is 17.1 Å². The molecule has 0 atom stereocenters. The van der Waals surface area contributed by atoms with Gasteiger partial charge in [0.05, 0.1) is 0 Å². The van der Waals surface area contributed by atoms with Crippen molar-refractivity contribution in [3.05, 3.63) is 51.6 Å². The molecule has 0 unspecified atom stereocenters. The third-order valence-electron chi connectivity index (χ3n) is 1.24. The van der Waals surface area contributed by atoms with Crippen molar-refractivity contribution in [1.29, 1.82) is 0 Å². The van der Waals surface area contributed by atoms with Gasteiger partial charge in [-0.1, -0.05) is 0 Å². The van der Waals surface area contributed by atoms with Crippen molar-refractivity contribution in [3.63, 3.8) is 0 Å². The first-order valence-electron chi connectivity index (χ1n) is 4.44. The number of hydrogen-bond donors (Lipinski definition) is 0. The van der Waals surface area contributed by atoms with Gasteiger partial charge in [-0.25, -0.2) is 0 Å². The van der Waals surface area contributed by atoms with Gasteiger partial charge < -0.3 is 0 Å². The molecule has 0 amide bonds. The van der Waals surface area contributed by atoms with E-state index in [9.17, 15) is 0 Å². The van der Waals surface area contributed by atoms with E-state index < -0.39 is 18.4 Å². The molecular formula is C13H13MnO3Sn. The predicted octanol–water partition coefficient (Wildman–Crippen LogP) is 2.16. The van der Waals surface area contributed by atoms with Gasteiger partial charge in [-0.2, -0.15) is 0 Å². The zero-order valence-electron chi connectivity index (χ0n) is 10.4. The topological polar surface area (TPSA) is 59.7 Å². The zero-order chi connectivity index (χ0) is 14.3. The van der Waals surface area contributed by atoms with Crippen LogP contribution in [0.15, 0.2) is 0 Å². The molecule has 1 aliphatic carbocycles. The second kappa shape index (κ2) is 19.4. The number of rotatable bonds is 0. The van der Waals surface area contributed by atoms with Crippen molar-refractivity contribution in [2.75, 3.05) is 0 Å². The van der Waals surface area contributed by atoms with E-state index in [1.54, 1.807) is 0 Å². The molecule has 5 heteroatoms. The van der Waals surface area contributed by atoms with E-state index in [0.717, 1.165) is 5.92 Å². The summed E-state index contributed by atoms with van der Waals surface area (Å²) in [5, 5.41) is 0.